The van der Waals surface area contributed by atoms with E-state index >= 15 is 0 Å². The highest BCUT2D eigenvalue weighted by Gasteiger charge is 2.31. The Labute approximate surface area is 108 Å². The number of rotatable bonds is 3. The van der Waals surface area contributed by atoms with E-state index in [1.54, 1.807) is 6.33 Å². The first kappa shape index (κ1) is 13.9. The number of carbonyl (C=O) groups excluding carboxylic acids is 1. The Kier molecular flexibility index (Phi) is 3.79. The number of imidazole rings is 1. The second-order valence-corrected chi connectivity index (χ2v) is 4.59. The second kappa shape index (κ2) is 5.20. The van der Waals surface area contributed by atoms with Gasteiger partial charge in [-0.05, 0) is 0 Å². The molecule has 1 amide bonds. The molecule has 2 heterocycles. The van der Waals surface area contributed by atoms with Crippen LogP contribution in [0.15, 0.2) is 6.33 Å². The minimum atomic E-state index is -4.25. The van der Waals surface area contributed by atoms with Crippen LogP contribution in [0, 0.1) is 0 Å². The Balaban J connectivity index is 1.90. The number of fused-ring (bicyclic) bond motifs is 1. The maximum atomic E-state index is 12.1. The molecule has 106 valence electrons. The molecule has 1 aliphatic rings. The highest BCUT2D eigenvalue weighted by molar-refractivity contribution is 5.82. The largest absolute Gasteiger partial charge is 0.390 e. The molecule has 2 rings (SSSR count). The third-order valence-electron chi connectivity index (χ3n) is 3.14. The van der Waals surface area contributed by atoms with E-state index in [1.807, 2.05) is 0 Å². The van der Waals surface area contributed by atoms with Crippen molar-refractivity contribution >= 4 is 5.91 Å². The Hall–Kier alpha value is -1.57. The van der Waals surface area contributed by atoms with Crippen molar-refractivity contribution in [1.82, 2.24) is 20.2 Å². The number of likely N-dealkylation sites (N-methyl/N-ethyl adjacent to an activating group) is 1. The van der Waals surface area contributed by atoms with Gasteiger partial charge in [0.05, 0.1) is 30.2 Å². The molecule has 1 unspecified atom stereocenters. The van der Waals surface area contributed by atoms with Crippen molar-refractivity contribution in [3.8, 4) is 0 Å². The van der Waals surface area contributed by atoms with E-state index in [0.29, 0.717) is 13.0 Å². The molecule has 8 heteroatoms. The fraction of sp³-hybridized carbons (Fsp3) is 0.636. The summed E-state index contributed by atoms with van der Waals surface area (Å²) in [5, 5.41) is 3.00. The fourth-order valence-electron chi connectivity index (χ4n) is 2.01. The fourth-order valence-corrected chi connectivity index (χ4v) is 2.01. The summed E-state index contributed by atoms with van der Waals surface area (Å²) in [6.07, 6.45) is -3.29. The number of H-pyrrole nitrogens is 1. The topological polar surface area (TPSA) is 61.0 Å². The van der Waals surface area contributed by atoms with Gasteiger partial charge in [0.25, 0.3) is 0 Å². The lowest BCUT2D eigenvalue weighted by molar-refractivity contribution is -0.145. The molecule has 0 spiro atoms. The van der Waals surface area contributed by atoms with E-state index in [0.717, 1.165) is 16.3 Å². The first-order chi connectivity index (χ1) is 8.87. The van der Waals surface area contributed by atoms with Crippen LogP contribution in [0.2, 0.25) is 0 Å². The van der Waals surface area contributed by atoms with Gasteiger partial charge in [-0.25, -0.2) is 4.98 Å². The van der Waals surface area contributed by atoms with Crippen LogP contribution in [-0.4, -0.2) is 46.6 Å². The van der Waals surface area contributed by atoms with E-state index in [2.05, 4.69) is 15.3 Å². The molecule has 0 saturated carbocycles. The SMILES string of the molecule is CN(CCC(F)(F)F)C(=O)C1Cc2nc[nH]c2CN1. The summed E-state index contributed by atoms with van der Waals surface area (Å²) < 4.78 is 36.3. The van der Waals surface area contributed by atoms with E-state index in [4.69, 9.17) is 0 Å². The van der Waals surface area contributed by atoms with Crippen LogP contribution < -0.4 is 5.32 Å². The van der Waals surface area contributed by atoms with Crippen molar-refractivity contribution in [1.29, 1.82) is 0 Å². The van der Waals surface area contributed by atoms with Crippen LogP contribution in [-0.2, 0) is 17.8 Å². The number of nitrogens with one attached hydrogen (secondary N) is 2. The molecule has 0 aromatic carbocycles. The second-order valence-electron chi connectivity index (χ2n) is 4.59. The van der Waals surface area contributed by atoms with Crippen molar-refractivity contribution in [3.63, 3.8) is 0 Å². The zero-order chi connectivity index (χ0) is 14.0. The molecule has 1 aromatic heterocycles. The number of hydrogen-bond acceptors (Lipinski definition) is 3. The number of amides is 1. The Morgan fingerprint density at radius 2 is 2.32 bits per heavy atom. The number of alkyl halides is 3. The molecule has 19 heavy (non-hydrogen) atoms. The van der Waals surface area contributed by atoms with Gasteiger partial charge in [-0.15, -0.1) is 0 Å². The molecular formula is C11H15F3N4O. The summed E-state index contributed by atoms with van der Waals surface area (Å²) in [5.41, 5.74) is 1.71. The molecule has 1 aromatic rings. The van der Waals surface area contributed by atoms with Gasteiger partial charge in [-0.1, -0.05) is 0 Å². The van der Waals surface area contributed by atoms with E-state index in [9.17, 15) is 18.0 Å². The number of nitrogens with zero attached hydrogens (tertiary/aromatic N) is 2. The standard InChI is InChI=1S/C11H15F3N4O/c1-18(3-2-11(12,13)14)10(19)8-4-7-9(5-15-8)17-6-16-7/h6,8,15H,2-5H2,1H3,(H,16,17). The summed E-state index contributed by atoms with van der Waals surface area (Å²) in [4.78, 5) is 20.2. The third-order valence-corrected chi connectivity index (χ3v) is 3.14. The van der Waals surface area contributed by atoms with Gasteiger partial charge in [0.15, 0.2) is 0 Å². The Morgan fingerprint density at radius 1 is 1.58 bits per heavy atom. The zero-order valence-corrected chi connectivity index (χ0v) is 10.4. The number of aromatic nitrogens is 2. The quantitative estimate of drug-likeness (QED) is 0.860. The maximum absolute atomic E-state index is 12.1. The number of carbonyl (C=O) groups is 1. The van der Waals surface area contributed by atoms with Crippen LogP contribution >= 0.6 is 0 Å². The monoisotopic (exact) mass is 276 g/mol. The summed E-state index contributed by atoms with van der Waals surface area (Å²) in [6.45, 7) is 0.146. The molecule has 5 nitrogen and oxygen atoms in total. The molecule has 0 aliphatic carbocycles. The first-order valence-electron chi connectivity index (χ1n) is 5.93. The molecule has 0 saturated heterocycles. The van der Waals surface area contributed by atoms with E-state index < -0.39 is 18.6 Å². The summed E-state index contributed by atoms with van der Waals surface area (Å²) in [5.74, 6) is -0.335. The maximum Gasteiger partial charge on any atom is 0.390 e. The van der Waals surface area contributed by atoms with E-state index in [1.165, 1.54) is 7.05 Å². The highest BCUT2D eigenvalue weighted by Crippen LogP contribution is 2.20. The van der Waals surface area contributed by atoms with Gasteiger partial charge >= 0.3 is 6.18 Å². The summed E-state index contributed by atoms with van der Waals surface area (Å²) in [6, 6.07) is -0.506. The van der Waals surface area contributed by atoms with Crippen LogP contribution in [0.25, 0.3) is 0 Å². The lowest BCUT2D eigenvalue weighted by Gasteiger charge is -2.27. The third kappa shape index (κ3) is 3.46. The minimum Gasteiger partial charge on any atom is -0.347 e. The van der Waals surface area contributed by atoms with Gasteiger partial charge in [0, 0.05) is 26.6 Å². The normalized spacial score (nSPS) is 19.1. The zero-order valence-electron chi connectivity index (χ0n) is 10.4. The molecule has 2 N–H and O–H groups in total. The molecule has 1 atom stereocenters. The number of aromatic amines is 1. The predicted molar refractivity (Wildman–Crippen MR) is 61.2 cm³/mol. The molecule has 1 aliphatic heterocycles. The van der Waals surface area contributed by atoms with Crippen LogP contribution in [0.4, 0.5) is 13.2 Å². The Morgan fingerprint density at radius 3 is 3.00 bits per heavy atom. The lowest BCUT2D eigenvalue weighted by atomic mass is 10.0. The van der Waals surface area contributed by atoms with Crippen molar-refractivity contribution in [2.24, 2.45) is 0 Å². The molecular weight excluding hydrogens is 261 g/mol. The number of hydrogen-bond donors (Lipinski definition) is 2. The molecule has 0 fully saturated rings. The first-order valence-corrected chi connectivity index (χ1v) is 5.93. The van der Waals surface area contributed by atoms with Crippen molar-refractivity contribution in [2.45, 2.75) is 31.6 Å². The van der Waals surface area contributed by atoms with E-state index in [-0.39, 0.29) is 12.5 Å². The van der Waals surface area contributed by atoms with Gasteiger partial charge in [-0.3, -0.25) is 10.1 Å². The number of halogens is 3. The average Bonchev–Trinajstić information content (AvgIpc) is 2.81. The van der Waals surface area contributed by atoms with Crippen molar-refractivity contribution in [3.05, 3.63) is 17.7 Å². The van der Waals surface area contributed by atoms with Gasteiger partial charge in [0.2, 0.25) is 5.91 Å². The van der Waals surface area contributed by atoms with Crippen LogP contribution in [0.3, 0.4) is 0 Å². The predicted octanol–water partition coefficient (Wildman–Crippen LogP) is 0.835. The average molecular weight is 276 g/mol. The van der Waals surface area contributed by atoms with Gasteiger partial charge in [0.1, 0.15) is 0 Å². The molecule has 0 radical (unpaired) electrons. The van der Waals surface area contributed by atoms with Gasteiger partial charge < -0.3 is 9.88 Å². The van der Waals surface area contributed by atoms with Crippen molar-refractivity contribution in [2.75, 3.05) is 13.6 Å². The Bertz CT molecular complexity index is 457. The summed E-state index contributed by atoms with van der Waals surface area (Å²) in [7, 11) is 1.38. The lowest BCUT2D eigenvalue weighted by Crippen LogP contribution is -2.48. The summed E-state index contributed by atoms with van der Waals surface area (Å²) >= 11 is 0. The van der Waals surface area contributed by atoms with Crippen molar-refractivity contribution < 1.29 is 18.0 Å². The van der Waals surface area contributed by atoms with Crippen LogP contribution in [0.1, 0.15) is 17.8 Å². The van der Waals surface area contributed by atoms with Crippen LogP contribution in [0.5, 0.6) is 0 Å². The molecule has 0 bridgehead atoms. The minimum absolute atomic E-state index is 0.325. The highest BCUT2D eigenvalue weighted by atomic mass is 19.4. The van der Waals surface area contributed by atoms with Gasteiger partial charge in [-0.2, -0.15) is 13.2 Å². The smallest absolute Gasteiger partial charge is 0.347 e.